The van der Waals surface area contributed by atoms with Gasteiger partial charge in [0.15, 0.2) is 0 Å². The highest BCUT2D eigenvalue weighted by atomic mass is 32.2. The predicted molar refractivity (Wildman–Crippen MR) is 83.2 cm³/mol. The van der Waals surface area contributed by atoms with Crippen LogP contribution in [0, 0.1) is 0 Å². The van der Waals surface area contributed by atoms with Crippen LogP contribution in [0.4, 0.5) is 0 Å². The zero-order valence-corrected chi connectivity index (χ0v) is 13.8. The number of hydrogen-bond acceptors (Lipinski definition) is 4. The first kappa shape index (κ1) is 15.0. The van der Waals surface area contributed by atoms with E-state index in [0.29, 0.717) is 32.1 Å². The molecule has 0 bridgehead atoms. The molecule has 1 aliphatic heterocycles. The molecule has 0 radical (unpaired) electrons. The number of sulfonamides is 1. The Morgan fingerprint density at radius 1 is 1.29 bits per heavy atom. The normalized spacial score (nSPS) is 20.7. The summed E-state index contributed by atoms with van der Waals surface area (Å²) in [6, 6.07) is 2.06. The van der Waals surface area contributed by atoms with Gasteiger partial charge in [0.1, 0.15) is 0 Å². The maximum Gasteiger partial charge on any atom is 0.264 e. The molecule has 116 valence electrons. The van der Waals surface area contributed by atoms with E-state index in [-0.39, 0.29) is 11.7 Å². The number of rotatable bonds is 4. The van der Waals surface area contributed by atoms with Crippen molar-refractivity contribution in [3.05, 3.63) is 21.9 Å². The van der Waals surface area contributed by atoms with E-state index in [4.69, 9.17) is 0 Å². The van der Waals surface area contributed by atoms with Crippen LogP contribution < -0.4 is 0 Å². The lowest BCUT2D eigenvalue weighted by Gasteiger charge is -2.33. The van der Waals surface area contributed by atoms with Crippen molar-refractivity contribution >= 4 is 27.3 Å². The number of carbonyl (C=O) groups excluding carboxylic acids is 1. The Morgan fingerprint density at radius 3 is 2.52 bits per heavy atom. The lowest BCUT2D eigenvalue weighted by Crippen LogP contribution is -2.50. The SMILES string of the molecule is CCS(=O)(=O)N1CCN(C(=O)c2sccc2C2CC2)CC1. The van der Waals surface area contributed by atoms with Gasteiger partial charge in [-0.15, -0.1) is 11.3 Å². The van der Waals surface area contributed by atoms with Gasteiger partial charge in [0.2, 0.25) is 10.0 Å². The smallest absolute Gasteiger partial charge is 0.264 e. The summed E-state index contributed by atoms with van der Waals surface area (Å²) in [6.07, 6.45) is 2.36. The molecule has 1 amide bonds. The first-order valence-corrected chi connectivity index (χ1v) is 9.86. The summed E-state index contributed by atoms with van der Waals surface area (Å²) in [5.74, 6) is 0.759. The van der Waals surface area contributed by atoms with E-state index in [1.165, 1.54) is 34.0 Å². The lowest BCUT2D eigenvalue weighted by atomic mass is 10.1. The molecule has 0 atom stereocenters. The number of piperazine rings is 1. The van der Waals surface area contributed by atoms with Gasteiger partial charge in [0.25, 0.3) is 5.91 Å². The minimum atomic E-state index is -3.14. The van der Waals surface area contributed by atoms with Crippen LogP contribution in [-0.2, 0) is 10.0 Å². The molecule has 0 unspecified atom stereocenters. The van der Waals surface area contributed by atoms with Crippen LogP contribution >= 0.6 is 11.3 Å². The van der Waals surface area contributed by atoms with Gasteiger partial charge in [0, 0.05) is 26.2 Å². The molecule has 1 saturated heterocycles. The molecule has 0 N–H and O–H groups in total. The molecule has 2 fully saturated rings. The zero-order valence-electron chi connectivity index (χ0n) is 12.1. The fraction of sp³-hybridized carbons (Fsp3) is 0.643. The minimum Gasteiger partial charge on any atom is -0.335 e. The van der Waals surface area contributed by atoms with E-state index >= 15 is 0 Å². The number of amides is 1. The maximum absolute atomic E-state index is 12.6. The third-order valence-electron chi connectivity index (χ3n) is 4.19. The standard InChI is InChI=1S/C14H20N2O3S2/c1-2-21(18,19)16-8-6-15(7-9-16)14(17)13-12(5-10-20-13)11-3-4-11/h5,10-11H,2-4,6-9H2,1H3. The van der Waals surface area contributed by atoms with E-state index in [1.54, 1.807) is 11.8 Å². The lowest BCUT2D eigenvalue weighted by molar-refractivity contribution is 0.0702. The van der Waals surface area contributed by atoms with Crippen LogP contribution in [0.1, 0.15) is 40.9 Å². The molecular formula is C14H20N2O3S2. The molecule has 2 aliphatic rings. The van der Waals surface area contributed by atoms with Gasteiger partial charge < -0.3 is 4.90 Å². The maximum atomic E-state index is 12.6. The van der Waals surface area contributed by atoms with Gasteiger partial charge in [0.05, 0.1) is 10.6 Å². The highest BCUT2D eigenvalue weighted by molar-refractivity contribution is 7.89. The zero-order chi connectivity index (χ0) is 15.0. The molecule has 5 nitrogen and oxygen atoms in total. The van der Waals surface area contributed by atoms with Crippen molar-refractivity contribution < 1.29 is 13.2 Å². The first-order chi connectivity index (χ1) is 10.0. The highest BCUT2D eigenvalue weighted by Gasteiger charge is 2.33. The first-order valence-electron chi connectivity index (χ1n) is 7.37. The second kappa shape index (κ2) is 5.70. The Labute approximate surface area is 129 Å². The third kappa shape index (κ3) is 3.00. The van der Waals surface area contributed by atoms with E-state index in [0.717, 1.165) is 4.88 Å². The molecule has 2 heterocycles. The average molecular weight is 328 g/mol. The van der Waals surface area contributed by atoms with Crippen LogP contribution in [0.25, 0.3) is 0 Å². The molecule has 1 aliphatic carbocycles. The summed E-state index contributed by atoms with van der Waals surface area (Å²) in [6.45, 7) is 3.44. The molecule has 0 spiro atoms. The van der Waals surface area contributed by atoms with Crippen molar-refractivity contribution in [3.8, 4) is 0 Å². The molecule has 1 aromatic heterocycles. The highest BCUT2D eigenvalue weighted by Crippen LogP contribution is 2.43. The second-order valence-corrected chi connectivity index (χ2v) is 8.74. The van der Waals surface area contributed by atoms with Crippen molar-refractivity contribution in [1.29, 1.82) is 0 Å². The summed E-state index contributed by atoms with van der Waals surface area (Å²) in [7, 11) is -3.14. The molecular weight excluding hydrogens is 308 g/mol. The van der Waals surface area contributed by atoms with Crippen LogP contribution in [0.2, 0.25) is 0 Å². The molecule has 1 saturated carbocycles. The van der Waals surface area contributed by atoms with Crippen LogP contribution in [0.5, 0.6) is 0 Å². The predicted octanol–water partition coefficient (Wildman–Crippen LogP) is 1.73. The van der Waals surface area contributed by atoms with E-state index in [1.807, 2.05) is 5.38 Å². The monoisotopic (exact) mass is 328 g/mol. The summed E-state index contributed by atoms with van der Waals surface area (Å²) in [5.41, 5.74) is 1.19. The summed E-state index contributed by atoms with van der Waals surface area (Å²) < 4.78 is 25.2. The number of thiophene rings is 1. The molecule has 7 heteroatoms. The van der Waals surface area contributed by atoms with Gasteiger partial charge in [-0.2, -0.15) is 4.31 Å². The Kier molecular flexibility index (Phi) is 4.07. The fourth-order valence-corrected chi connectivity index (χ4v) is 4.74. The molecule has 1 aromatic rings. The number of hydrogen-bond donors (Lipinski definition) is 0. The minimum absolute atomic E-state index is 0.0699. The number of nitrogens with zero attached hydrogens (tertiary/aromatic N) is 2. The second-order valence-electron chi connectivity index (χ2n) is 5.57. The topological polar surface area (TPSA) is 57.7 Å². The van der Waals surface area contributed by atoms with Crippen LogP contribution in [0.15, 0.2) is 11.4 Å². The fourth-order valence-electron chi connectivity index (χ4n) is 2.70. The Bertz CT molecular complexity index is 626. The molecule has 21 heavy (non-hydrogen) atoms. The van der Waals surface area contributed by atoms with E-state index in [9.17, 15) is 13.2 Å². The molecule has 3 rings (SSSR count). The van der Waals surface area contributed by atoms with Crippen molar-refractivity contribution in [1.82, 2.24) is 9.21 Å². The Balaban J connectivity index is 1.66. The van der Waals surface area contributed by atoms with Crippen molar-refractivity contribution in [2.45, 2.75) is 25.7 Å². The van der Waals surface area contributed by atoms with Gasteiger partial charge >= 0.3 is 0 Å². The van der Waals surface area contributed by atoms with Crippen molar-refractivity contribution in [2.75, 3.05) is 31.9 Å². The average Bonchev–Trinajstić information content (AvgIpc) is 3.24. The van der Waals surface area contributed by atoms with Gasteiger partial charge in [-0.1, -0.05) is 0 Å². The van der Waals surface area contributed by atoms with Crippen LogP contribution in [0.3, 0.4) is 0 Å². The summed E-state index contributed by atoms with van der Waals surface area (Å²) in [4.78, 5) is 15.3. The van der Waals surface area contributed by atoms with Gasteiger partial charge in [-0.25, -0.2) is 8.42 Å². The largest absolute Gasteiger partial charge is 0.335 e. The number of carbonyl (C=O) groups is 1. The Hall–Kier alpha value is -0.920. The van der Waals surface area contributed by atoms with Crippen molar-refractivity contribution in [3.63, 3.8) is 0 Å². The van der Waals surface area contributed by atoms with Gasteiger partial charge in [-0.05, 0) is 42.7 Å². The third-order valence-corrected chi connectivity index (χ3v) is 6.99. The molecule has 0 aromatic carbocycles. The van der Waals surface area contributed by atoms with E-state index in [2.05, 4.69) is 6.07 Å². The van der Waals surface area contributed by atoms with Gasteiger partial charge in [-0.3, -0.25) is 4.79 Å². The van der Waals surface area contributed by atoms with Crippen LogP contribution in [-0.4, -0.2) is 55.5 Å². The summed E-state index contributed by atoms with van der Waals surface area (Å²) in [5, 5.41) is 1.98. The Morgan fingerprint density at radius 2 is 1.95 bits per heavy atom. The quantitative estimate of drug-likeness (QED) is 0.846. The summed E-state index contributed by atoms with van der Waals surface area (Å²) >= 11 is 1.51. The van der Waals surface area contributed by atoms with E-state index < -0.39 is 10.0 Å². The van der Waals surface area contributed by atoms with Crippen molar-refractivity contribution in [2.24, 2.45) is 0 Å².